The summed E-state index contributed by atoms with van der Waals surface area (Å²) in [7, 11) is 0. The fraction of sp³-hybridized carbons (Fsp3) is 0.500. The van der Waals surface area contributed by atoms with E-state index in [1.807, 2.05) is 6.92 Å². The molecule has 0 bridgehead atoms. The van der Waals surface area contributed by atoms with Crippen LogP contribution >= 0.6 is 0 Å². The summed E-state index contributed by atoms with van der Waals surface area (Å²) in [5.74, 6) is -0.537. The number of urea groups is 1. The molecule has 0 saturated carbocycles. The number of carbonyl (C=O) groups is 2. The second-order valence-electron chi connectivity index (χ2n) is 4.99. The van der Waals surface area contributed by atoms with Gasteiger partial charge in [-0.25, -0.2) is 14.6 Å². The third-order valence-electron chi connectivity index (χ3n) is 3.07. The lowest BCUT2D eigenvalue weighted by atomic mass is 10.0. The Bertz CT molecular complexity index is 459. The number of pyridine rings is 1. The number of hydrogen-bond donors (Lipinski definition) is 3. The van der Waals surface area contributed by atoms with E-state index in [2.05, 4.69) is 29.5 Å². The zero-order chi connectivity index (χ0) is 15.1. The molecule has 0 aliphatic heterocycles. The molecule has 0 aliphatic carbocycles. The second-order valence-corrected chi connectivity index (χ2v) is 4.99. The number of nitrogens with one attached hydrogen (secondary N) is 2. The third-order valence-corrected chi connectivity index (χ3v) is 3.07. The average Bonchev–Trinajstić information content (AvgIpc) is 2.38. The van der Waals surface area contributed by atoms with Crippen LogP contribution in [0.2, 0.25) is 0 Å². The molecular weight excluding hydrogens is 258 g/mol. The molecule has 110 valence electrons. The van der Waals surface area contributed by atoms with Gasteiger partial charge in [0.25, 0.3) is 0 Å². The number of rotatable bonds is 6. The van der Waals surface area contributed by atoms with Crippen LogP contribution in [0.5, 0.6) is 0 Å². The summed E-state index contributed by atoms with van der Waals surface area (Å²) < 4.78 is 0. The maximum Gasteiger partial charge on any atom is 0.354 e. The van der Waals surface area contributed by atoms with Crippen molar-refractivity contribution in [2.24, 2.45) is 5.92 Å². The monoisotopic (exact) mass is 279 g/mol. The van der Waals surface area contributed by atoms with Crippen LogP contribution in [0, 0.1) is 5.92 Å². The van der Waals surface area contributed by atoms with E-state index < -0.39 is 5.97 Å². The highest BCUT2D eigenvalue weighted by Gasteiger charge is 2.11. The Kier molecular flexibility index (Phi) is 5.96. The van der Waals surface area contributed by atoms with Crippen molar-refractivity contribution in [3.05, 3.63) is 24.0 Å². The van der Waals surface area contributed by atoms with Gasteiger partial charge in [0, 0.05) is 6.04 Å². The predicted molar refractivity (Wildman–Crippen MR) is 76.9 cm³/mol. The molecule has 0 saturated heterocycles. The van der Waals surface area contributed by atoms with Crippen LogP contribution in [0.15, 0.2) is 18.3 Å². The molecule has 2 amide bonds. The average molecular weight is 279 g/mol. The SMILES string of the molecule is CCC(C)CC(C)NC(=O)Nc1ccc(C(=O)O)nc1. The van der Waals surface area contributed by atoms with E-state index in [4.69, 9.17) is 5.11 Å². The van der Waals surface area contributed by atoms with Crippen molar-refractivity contribution in [2.75, 3.05) is 5.32 Å². The van der Waals surface area contributed by atoms with Gasteiger partial charge in [0.1, 0.15) is 5.69 Å². The number of aromatic nitrogens is 1. The van der Waals surface area contributed by atoms with Crippen molar-refractivity contribution < 1.29 is 14.7 Å². The van der Waals surface area contributed by atoms with Gasteiger partial charge in [-0.2, -0.15) is 0 Å². The molecule has 0 aliphatic rings. The number of carbonyl (C=O) groups excluding carboxylic acids is 1. The molecule has 20 heavy (non-hydrogen) atoms. The minimum absolute atomic E-state index is 0.0545. The largest absolute Gasteiger partial charge is 0.477 e. The standard InChI is InChI=1S/C14H21N3O3/c1-4-9(2)7-10(3)16-14(20)17-11-5-6-12(13(18)19)15-8-11/h5-6,8-10H,4,7H2,1-3H3,(H,18,19)(H2,16,17,20). The van der Waals surface area contributed by atoms with Crippen molar-refractivity contribution in [1.29, 1.82) is 0 Å². The summed E-state index contributed by atoms with van der Waals surface area (Å²) in [5, 5.41) is 14.2. The minimum atomic E-state index is -1.09. The predicted octanol–water partition coefficient (Wildman–Crippen LogP) is 2.73. The number of anilines is 1. The first-order valence-corrected chi connectivity index (χ1v) is 6.69. The molecule has 1 heterocycles. The fourth-order valence-electron chi connectivity index (χ4n) is 1.81. The van der Waals surface area contributed by atoms with Crippen molar-refractivity contribution in [3.8, 4) is 0 Å². The summed E-state index contributed by atoms with van der Waals surface area (Å²) in [6.45, 7) is 6.22. The molecule has 2 atom stereocenters. The first kappa shape index (κ1) is 15.9. The summed E-state index contributed by atoms with van der Waals surface area (Å²) in [6.07, 6.45) is 3.32. The Hall–Kier alpha value is -2.11. The van der Waals surface area contributed by atoms with Crippen LogP contribution in [-0.2, 0) is 0 Å². The summed E-state index contributed by atoms with van der Waals surface area (Å²) in [6, 6.07) is 2.62. The summed E-state index contributed by atoms with van der Waals surface area (Å²) in [4.78, 5) is 26.1. The lowest BCUT2D eigenvalue weighted by Gasteiger charge is -2.17. The van der Waals surface area contributed by atoms with Crippen LogP contribution in [0.3, 0.4) is 0 Å². The van der Waals surface area contributed by atoms with Crippen molar-refractivity contribution in [1.82, 2.24) is 10.3 Å². The first-order valence-electron chi connectivity index (χ1n) is 6.69. The molecule has 0 fully saturated rings. The number of amides is 2. The lowest BCUT2D eigenvalue weighted by Crippen LogP contribution is -2.37. The quantitative estimate of drug-likeness (QED) is 0.746. The number of aromatic carboxylic acids is 1. The zero-order valence-electron chi connectivity index (χ0n) is 12.0. The van der Waals surface area contributed by atoms with Crippen LogP contribution in [0.1, 0.15) is 44.1 Å². The van der Waals surface area contributed by atoms with Gasteiger partial charge in [-0.15, -0.1) is 0 Å². The normalized spacial score (nSPS) is 13.3. The Labute approximate surface area is 118 Å². The van der Waals surface area contributed by atoms with Crippen LogP contribution in [0.25, 0.3) is 0 Å². The van der Waals surface area contributed by atoms with Crippen LogP contribution in [-0.4, -0.2) is 28.1 Å². The zero-order valence-corrected chi connectivity index (χ0v) is 12.0. The van der Waals surface area contributed by atoms with Gasteiger partial charge in [0.15, 0.2) is 0 Å². The molecule has 0 radical (unpaired) electrons. The number of carboxylic acid groups (broad SMARTS) is 1. The van der Waals surface area contributed by atoms with Gasteiger partial charge < -0.3 is 15.7 Å². The number of carboxylic acids is 1. The van der Waals surface area contributed by atoms with Crippen LogP contribution in [0.4, 0.5) is 10.5 Å². The van der Waals surface area contributed by atoms with Gasteiger partial charge in [-0.1, -0.05) is 20.3 Å². The van der Waals surface area contributed by atoms with Crippen molar-refractivity contribution in [2.45, 2.75) is 39.7 Å². The molecule has 0 spiro atoms. The van der Waals surface area contributed by atoms with Gasteiger partial charge in [0.2, 0.25) is 0 Å². The van der Waals surface area contributed by atoms with Crippen LogP contribution < -0.4 is 10.6 Å². The van der Waals surface area contributed by atoms with E-state index in [-0.39, 0.29) is 17.8 Å². The van der Waals surface area contributed by atoms with E-state index in [1.54, 1.807) is 0 Å². The topological polar surface area (TPSA) is 91.3 Å². The molecule has 0 aromatic carbocycles. The maximum atomic E-state index is 11.7. The Balaban J connectivity index is 2.47. The summed E-state index contributed by atoms with van der Waals surface area (Å²) >= 11 is 0. The molecule has 1 aromatic heterocycles. The van der Waals surface area contributed by atoms with E-state index >= 15 is 0 Å². The van der Waals surface area contributed by atoms with E-state index in [9.17, 15) is 9.59 Å². The van der Waals surface area contributed by atoms with E-state index in [1.165, 1.54) is 18.3 Å². The molecule has 1 rings (SSSR count). The molecule has 6 heteroatoms. The highest BCUT2D eigenvalue weighted by molar-refractivity contribution is 5.90. The van der Waals surface area contributed by atoms with E-state index in [0.717, 1.165) is 12.8 Å². The van der Waals surface area contributed by atoms with Crippen molar-refractivity contribution in [3.63, 3.8) is 0 Å². The van der Waals surface area contributed by atoms with Gasteiger partial charge in [-0.3, -0.25) is 0 Å². The molecule has 6 nitrogen and oxygen atoms in total. The van der Waals surface area contributed by atoms with Gasteiger partial charge in [-0.05, 0) is 31.4 Å². The highest BCUT2D eigenvalue weighted by atomic mass is 16.4. The first-order chi connectivity index (χ1) is 9.42. The lowest BCUT2D eigenvalue weighted by molar-refractivity contribution is 0.0690. The molecule has 3 N–H and O–H groups in total. The summed E-state index contributed by atoms with van der Waals surface area (Å²) in [5.41, 5.74) is 0.407. The maximum absolute atomic E-state index is 11.7. The van der Waals surface area contributed by atoms with E-state index in [0.29, 0.717) is 11.6 Å². The van der Waals surface area contributed by atoms with Crippen molar-refractivity contribution >= 4 is 17.7 Å². The minimum Gasteiger partial charge on any atom is -0.477 e. The Morgan fingerprint density at radius 2 is 2.05 bits per heavy atom. The Morgan fingerprint density at radius 3 is 2.55 bits per heavy atom. The smallest absolute Gasteiger partial charge is 0.354 e. The number of hydrogen-bond acceptors (Lipinski definition) is 3. The Morgan fingerprint density at radius 1 is 1.35 bits per heavy atom. The second kappa shape index (κ2) is 7.47. The highest BCUT2D eigenvalue weighted by Crippen LogP contribution is 2.10. The molecule has 2 unspecified atom stereocenters. The van der Waals surface area contributed by atoms with Gasteiger partial charge >= 0.3 is 12.0 Å². The fourth-order valence-corrected chi connectivity index (χ4v) is 1.81. The van der Waals surface area contributed by atoms with Gasteiger partial charge in [0.05, 0.1) is 11.9 Å². The molecule has 1 aromatic rings. The third kappa shape index (κ3) is 5.26. The number of nitrogens with zero attached hydrogens (tertiary/aromatic N) is 1. The molecular formula is C14H21N3O3.